The lowest BCUT2D eigenvalue weighted by Crippen LogP contribution is -2.57. The number of nitrogens with one attached hydrogen (secondary N) is 3. The van der Waals surface area contributed by atoms with E-state index in [-0.39, 0.29) is 18.8 Å². The summed E-state index contributed by atoms with van der Waals surface area (Å²) in [5.74, 6) is -5.00. The number of rotatable bonds is 17. The van der Waals surface area contributed by atoms with Gasteiger partial charge in [0, 0.05) is 6.42 Å². The molecular weight excluding hydrogens is 438 g/mol. The van der Waals surface area contributed by atoms with E-state index in [1.165, 1.54) is 0 Å². The second-order valence-corrected chi connectivity index (χ2v) is 8.16. The molecule has 0 saturated carbocycles. The van der Waals surface area contributed by atoms with E-state index < -0.39 is 66.9 Å². The molecule has 190 valence electrons. The first kappa shape index (κ1) is 30.2. The minimum atomic E-state index is -1.56. The van der Waals surface area contributed by atoms with Gasteiger partial charge in [-0.05, 0) is 38.1 Å². The minimum absolute atomic E-state index is 0.0820. The molecule has 0 spiro atoms. The van der Waals surface area contributed by atoms with Gasteiger partial charge in [0.25, 0.3) is 0 Å². The summed E-state index contributed by atoms with van der Waals surface area (Å²) in [5.41, 5.74) is 11.2. The summed E-state index contributed by atoms with van der Waals surface area (Å²) < 4.78 is 0. The molecule has 0 saturated heterocycles. The fourth-order valence-corrected chi connectivity index (χ4v) is 2.89. The number of carboxylic acids is 2. The van der Waals surface area contributed by atoms with Gasteiger partial charge >= 0.3 is 11.9 Å². The van der Waals surface area contributed by atoms with E-state index in [0.29, 0.717) is 25.8 Å². The molecule has 0 rings (SSSR count). The standard InChI is InChI=1S/C20H37N5O8/c1-11(2)9-14(19(31)25-15(10-26)20(32)33)24-18(30)13(6-7-16(27)28)23-17(29)12(22)5-3-4-8-21/h11-15,26H,3-10,21-22H2,1-2H3,(H,23,29)(H,24,30)(H,25,31)(H,27,28)(H,32,33). The number of aliphatic carboxylic acids is 2. The van der Waals surface area contributed by atoms with Crippen LogP contribution in [0, 0.1) is 5.92 Å². The van der Waals surface area contributed by atoms with Gasteiger partial charge in [0.05, 0.1) is 12.6 Å². The highest BCUT2D eigenvalue weighted by Gasteiger charge is 2.30. The zero-order valence-electron chi connectivity index (χ0n) is 19.1. The highest BCUT2D eigenvalue weighted by Crippen LogP contribution is 2.08. The molecule has 10 N–H and O–H groups in total. The second-order valence-electron chi connectivity index (χ2n) is 8.16. The van der Waals surface area contributed by atoms with Crippen molar-refractivity contribution in [1.29, 1.82) is 0 Å². The van der Waals surface area contributed by atoms with Crippen molar-refractivity contribution in [1.82, 2.24) is 16.0 Å². The van der Waals surface area contributed by atoms with Crippen molar-refractivity contribution < 1.29 is 39.3 Å². The van der Waals surface area contributed by atoms with Crippen LogP contribution in [0.3, 0.4) is 0 Å². The molecule has 0 aromatic heterocycles. The monoisotopic (exact) mass is 475 g/mol. The summed E-state index contributed by atoms with van der Waals surface area (Å²) in [7, 11) is 0. The van der Waals surface area contributed by atoms with Crippen molar-refractivity contribution in [3.63, 3.8) is 0 Å². The van der Waals surface area contributed by atoms with Crippen molar-refractivity contribution in [3.8, 4) is 0 Å². The molecule has 3 amide bonds. The van der Waals surface area contributed by atoms with Crippen LogP contribution in [0.25, 0.3) is 0 Å². The van der Waals surface area contributed by atoms with Crippen LogP contribution in [0.1, 0.15) is 52.4 Å². The molecule has 0 aromatic rings. The molecule has 13 nitrogen and oxygen atoms in total. The Morgan fingerprint density at radius 2 is 1.36 bits per heavy atom. The fourth-order valence-electron chi connectivity index (χ4n) is 2.89. The number of nitrogens with two attached hydrogens (primary N) is 2. The lowest BCUT2D eigenvalue weighted by Gasteiger charge is -2.25. The van der Waals surface area contributed by atoms with E-state index in [9.17, 15) is 24.0 Å². The second kappa shape index (κ2) is 15.9. The fraction of sp³-hybridized carbons (Fsp3) is 0.750. The van der Waals surface area contributed by atoms with Crippen LogP contribution in [0.2, 0.25) is 0 Å². The number of carboxylic acid groups (broad SMARTS) is 2. The summed E-state index contributed by atoms with van der Waals surface area (Å²) in [6.07, 6.45) is 1.06. The van der Waals surface area contributed by atoms with E-state index in [1.54, 1.807) is 13.8 Å². The van der Waals surface area contributed by atoms with Crippen LogP contribution in [0.15, 0.2) is 0 Å². The Labute approximate surface area is 192 Å². The summed E-state index contributed by atoms with van der Waals surface area (Å²) in [6.45, 7) is 3.15. The number of aliphatic hydroxyl groups excluding tert-OH is 1. The lowest BCUT2D eigenvalue weighted by atomic mass is 10.0. The first-order valence-corrected chi connectivity index (χ1v) is 10.8. The van der Waals surface area contributed by atoms with E-state index in [2.05, 4.69) is 16.0 Å². The maximum Gasteiger partial charge on any atom is 0.328 e. The zero-order valence-corrected chi connectivity index (χ0v) is 19.1. The minimum Gasteiger partial charge on any atom is -0.481 e. The number of aliphatic hydroxyl groups is 1. The average Bonchev–Trinajstić information content (AvgIpc) is 2.73. The Bertz CT molecular complexity index is 673. The molecule has 4 unspecified atom stereocenters. The third kappa shape index (κ3) is 12.7. The SMILES string of the molecule is CC(C)CC(NC(=O)C(CCC(=O)O)NC(=O)C(N)CCCCN)C(=O)NC(CO)C(=O)O. The first-order chi connectivity index (χ1) is 15.4. The van der Waals surface area contributed by atoms with Gasteiger partial charge in [-0.2, -0.15) is 0 Å². The van der Waals surface area contributed by atoms with Crippen LogP contribution >= 0.6 is 0 Å². The Kier molecular flexibility index (Phi) is 14.6. The van der Waals surface area contributed by atoms with Crippen molar-refractivity contribution in [3.05, 3.63) is 0 Å². The smallest absolute Gasteiger partial charge is 0.328 e. The molecule has 13 heteroatoms. The van der Waals surface area contributed by atoms with Gasteiger partial charge in [-0.25, -0.2) is 4.79 Å². The molecule has 0 aliphatic rings. The Hall–Kier alpha value is -2.77. The van der Waals surface area contributed by atoms with Gasteiger partial charge in [-0.15, -0.1) is 0 Å². The molecule has 0 fully saturated rings. The van der Waals surface area contributed by atoms with Crippen molar-refractivity contribution >= 4 is 29.7 Å². The van der Waals surface area contributed by atoms with E-state index in [0.717, 1.165) is 0 Å². The van der Waals surface area contributed by atoms with Gasteiger partial charge in [0.2, 0.25) is 17.7 Å². The lowest BCUT2D eigenvalue weighted by molar-refractivity contribution is -0.143. The maximum atomic E-state index is 12.8. The van der Waals surface area contributed by atoms with Crippen LogP contribution in [-0.2, 0) is 24.0 Å². The van der Waals surface area contributed by atoms with Gasteiger partial charge < -0.3 is 42.7 Å². The Balaban J connectivity index is 5.40. The maximum absolute atomic E-state index is 12.8. The van der Waals surface area contributed by atoms with Crippen LogP contribution in [0.5, 0.6) is 0 Å². The van der Waals surface area contributed by atoms with Gasteiger partial charge in [0.1, 0.15) is 18.1 Å². The van der Waals surface area contributed by atoms with Crippen LogP contribution in [0.4, 0.5) is 0 Å². The average molecular weight is 476 g/mol. The molecular formula is C20H37N5O8. The Morgan fingerprint density at radius 1 is 0.818 bits per heavy atom. The van der Waals surface area contributed by atoms with Crippen LogP contribution < -0.4 is 27.4 Å². The highest BCUT2D eigenvalue weighted by atomic mass is 16.4. The number of amides is 3. The summed E-state index contributed by atoms with van der Waals surface area (Å²) in [6, 6.07) is -4.93. The third-order valence-electron chi connectivity index (χ3n) is 4.72. The zero-order chi connectivity index (χ0) is 25.6. The molecule has 0 aliphatic carbocycles. The number of hydrogen-bond acceptors (Lipinski definition) is 8. The summed E-state index contributed by atoms with van der Waals surface area (Å²) in [4.78, 5) is 59.8. The summed E-state index contributed by atoms with van der Waals surface area (Å²) >= 11 is 0. The van der Waals surface area contributed by atoms with Gasteiger partial charge in [-0.3, -0.25) is 19.2 Å². The molecule has 33 heavy (non-hydrogen) atoms. The predicted octanol–water partition coefficient (Wildman–Crippen LogP) is -2.12. The highest BCUT2D eigenvalue weighted by molar-refractivity contribution is 5.94. The molecule has 0 aliphatic heterocycles. The van der Waals surface area contributed by atoms with Gasteiger partial charge in [-0.1, -0.05) is 20.3 Å². The van der Waals surface area contributed by atoms with Crippen LogP contribution in [-0.4, -0.2) is 82.3 Å². The van der Waals surface area contributed by atoms with Crippen molar-refractivity contribution in [2.24, 2.45) is 17.4 Å². The van der Waals surface area contributed by atoms with E-state index >= 15 is 0 Å². The van der Waals surface area contributed by atoms with Gasteiger partial charge in [0.15, 0.2) is 0 Å². The van der Waals surface area contributed by atoms with E-state index in [1.807, 2.05) is 0 Å². The molecule has 0 bridgehead atoms. The number of carbonyl (C=O) groups excluding carboxylic acids is 3. The quantitative estimate of drug-likeness (QED) is 0.106. The van der Waals surface area contributed by atoms with Crippen molar-refractivity contribution in [2.75, 3.05) is 13.2 Å². The Morgan fingerprint density at radius 3 is 1.85 bits per heavy atom. The normalized spacial score (nSPS) is 14.6. The molecule has 0 aromatic carbocycles. The topological polar surface area (TPSA) is 234 Å². The molecule has 0 heterocycles. The number of hydrogen-bond donors (Lipinski definition) is 8. The summed E-state index contributed by atoms with van der Waals surface area (Å²) in [5, 5.41) is 34.1. The largest absolute Gasteiger partial charge is 0.481 e. The first-order valence-electron chi connectivity index (χ1n) is 10.8. The number of unbranched alkanes of at least 4 members (excludes halogenated alkanes) is 1. The molecule has 4 atom stereocenters. The van der Waals surface area contributed by atoms with Crippen molar-refractivity contribution in [2.45, 2.75) is 76.5 Å². The third-order valence-corrected chi connectivity index (χ3v) is 4.72. The van der Waals surface area contributed by atoms with E-state index in [4.69, 9.17) is 26.8 Å². The molecule has 0 radical (unpaired) electrons. The number of carbonyl (C=O) groups is 5. The predicted molar refractivity (Wildman–Crippen MR) is 118 cm³/mol.